The van der Waals surface area contributed by atoms with Crippen molar-refractivity contribution in [3.05, 3.63) is 21.7 Å². The Morgan fingerprint density at radius 2 is 1.94 bits per heavy atom. The zero-order valence-corrected chi connectivity index (χ0v) is 11.5. The molecule has 6 heteroatoms. The van der Waals surface area contributed by atoms with Crippen LogP contribution in [0, 0.1) is 0 Å². The number of ether oxygens (including phenoxy) is 1. The van der Waals surface area contributed by atoms with Crippen molar-refractivity contribution in [2.75, 3.05) is 26.3 Å². The van der Waals surface area contributed by atoms with Gasteiger partial charge < -0.3 is 4.74 Å². The Morgan fingerprint density at radius 3 is 2.72 bits per heavy atom. The molecule has 1 aromatic heterocycles. The second kappa shape index (κ2) is 5.29. The Hall–Kier alpha value is -0.420. The maximum absolute atomic E-state index is 6.17. The van der Waals surface area contributed by atoms with Crippen LogP contribution in [0.4, 0.5) is 0 Å². The van der Waals surface area contributed by atoms with Crippen molar-refractivity contribution in [3.8, 4) is 0 Å². The van der Waals surface area contributed by atoms with E-state index in [-0.39, 0.29) is 5.28 Å². The first kappa shape index (κ1) is 12.6. The van der Waals surface area contributed by atoms with E-state index >= 15 is 0 Å². The number of morpholine rings is 1. The maximum atomic E-state index is 6.17. The summed E-state index contributed by atoms with van der Waals surface area (Å²) in [7, 11) is 0. The van der Waals surface area contributed by atoms with E-state index in [2.05, 4.69) is 14.9 Å². The molecule has 2 aliphatic rings. The summed E-state index contributed by atoms with van der Waals surface area (Å²) in [6, 6.07) is 0.531. The minimum absolute atomic E-state index is 0.253. The highest BCUT2D eigenvalue weighted by Crippen LogP contribution is 2.29. The molecule has 0 N–H and O–H groups in total. The molecule has 4 nitrogen and oxygen atoms in total. The van der Waals surface area contributed by atoms with Crippen molar-refractivity contribution >= 4 is 23.2 Å². The Morgan fingerprint density at radius 1 is 1.17 bits per heavy atom. The molecule has 1 aromatic rings. The summed E-state index contributed by atoms with van der Waals surface area (Å²) in [5.74, 6) is 0. The lowest BCUT2D eigenvalue weighted by atomic mass is 9.91. The predicted octanol–water partition coefficient (Wildman–Crippen LogP) is 1.97. The number of aryl methyl sites for hydroxylation is 1. The van der Waals surface area contributed by atoms with Crippen LogP contribution in [0.2, 0.25) is 10.4 Å². The van der Waals surface area contributed by atoms with Gasteiger partial charge in [-0.05, 0) is 30.9 Å². The number of fused-ring (bicyclic) bond motifs is 1. The third kappa shape index (κ3) is 2.48. The fourth-order valence-electron chi connectivity index (χ4n) is 2.78. The molecule has 1 aliphatic heterocycles. The molecule has 0 amide bonds. The lowest BCUT2D eigenvalue weighted by Gasteiger charge is -2.37. The summed E-state index contributed by atoms with van der Waals surface area (Å²) in [5, 5.41) is 0.770. The van der Waals surface area contributed by atoms with Gasteiger partial charge in [0.1, 0.15) is 5.15 Å². The first-order valence-electron chi connectivity index (χ1n) is 6.26. The Balaban J connectivity index is 1.80. The second-order valence-electron chi connectivity index (χ2n) is 4.75. The smallest absolute Gasteiger partial charge is 0.224 e. The molecule has 0 aromatic carbocycles. The van der Waals surface area contributed by atoms with Crippen molar-refractivity contribution in [1.29, 1.82) is 0 Å². The number of aromatic nitrogens is 2. The van der Waals surface area contributed by atoms with Gasteiger partial charge in [0.05, 0.1) is 18.9 Å². The fourth-order valence-corrected chi connectivity index (χ4v) is 3.27. The third-order valence-electron chi connectivity index (χ3n) is 3.73. The summed E-state index contributed by atoms with van der Waals surface area (Å²) in [6.07, 6.45) is 2.96. The first-order valence-corrected chi connectivity index (χ1v) is 7.02. The SMILES string of the molecule is Clc1nc(Cl)c2c(n1)CCC(N1CCOCC1)C2. The molecule has 3 rings (SSSR count). The van der Waals surface area contributed by atoms with E-state index in [4.69, 9.17) is 27.9 Å². The van der Waals surface area contributed by atoms with Gasteiger partial charge in [0.2, 0.25) is 5.28 Å². The van der Waals surface area contributed by atoms with Crippen LogP contribution in [0.1, 0.15) is 17.7 Å². The summed E-state index contributed by atoms with van der Waals surface area (Å²) in [6.45, 7) is 3.67. The molecule has 1 aliphatic carbocycles. The second-order valence-corrected chi connectivity index (χ2v) is 5.45. The zero-order valence-electron chi connectivity index (χ0n) is 10.0. The molecule has 1 unspecified atom stereocenters. The largest absolute Gasteiger partial charge is 0.379 e. The van der Waals surface area contributed by atoms with E-state index in [9.17, 15) is 0 Å². The van der Waals surface area contributed by atoms with Gasteiger partial charge in [0.25, 0.3) is 0 Å². The molecule has 98 valence electrons. The highest BCUT2D eigenvalue weighted by atomic mass is 35.5. The number of rotatable bonds is 1. The van der Waals surface area contributed by atoms with Gasteiger partial charge in [-0.25, -0.2) is 9.97 Å². The lowest BCUT2D eigenvalue weighted by Crippen LogP contribution is -2.46. The first-order chi connectivity index (χ1) is 8.74. The van der Waals surface area contributed by atoms with Crippen LogP contribution in [0.25, 0.3) is 0 Å². The van der Waals surface area contributed by atoms with Crippen molar-refractivity contribution in [1.82, 2.24) is 14.9 Å². The van der Waals surface area contributed by atoms with E-state index in [0.717, 1.165) is 56.8 Å². The average molecular weight is 288 g/mol. The normalized spacial score (nSPS) is 24.9. The Kier molecular flexibility index (Phi) is 3.71. The molecule has 1 atom stereocenters. The summed E-state index contributed by atoms with van der Waals surface area (Å²) < 4.78 is 5.39. The summed E-state index contributed by atoms with van der Waals surface area (Å²) in [4.78, 5) is 10.8. The van der Waals surface area contributed by atoms with Crippen LogP contribution in [0.15, 0.2) is 0 Å². The van der Waals surface area contributed by atoms with Gasteiger partial charge in [0.15, 0.2) is 0 Å². The van der Waals surface area contributed by atoms with Gasteiger partial charge in [-0.1, -0.05) is 11.6 Å². The Bertz CT molecular complexity index is 449. The van der Waals surface area contributed by atoms with Gasteiger partial charge in [-0.3, -0.25) is 4.90 Å². The number of nitrogens with zero attached hydrogens (tertiary/aromatic N) is 3. The van der Waals surface area contributed by atoms with Crippen molar-refractivity contribution < 1.29 is 4.74 Å². The summed E-state index contributed by atoms with van der Waals surface area (Å²) >= 11 is 12.0. The molecule has 0 saturated carbocycles. The highest BCUT2D eigenvalue weighted by molar-refractivity contribution is 6.32. The predicted molar refractivity (Wildman–Crippen MR) is 70.3 cm³/mol. The van der Waals surface area contributed by atoms with Gasteiger partial charge in [0, 0.05) is 24.7 Å². The van der Waals surface area contributed by atoms with Gasteiger partial charge >= 0.3 is 0 Å². The van der Waals surface area contributed by atoms with E-state index in [1.807, 2.05) is 0 Å². The lowest BCUT2D eigenvalue weighted by molar-refractivity contribution is 0.0136. The molecular formula is C12H15Cl2N3O. The molecular weight excluding hydrogens is 273 g/mol. The molecule has 0 spiro atoms. The van der Waals surface area contributed by atoms with E-state index < -0.39 is 0 Å². The van der Waals surface area contributed by atoms with Crippen LogP contribution >= 0.6 is 23.2 Å². The van der Waals surface area contributed by atoms with E-state index in [1.54, 1.807) is 0 Å². The highest BCUT2D eigenvalue weighted by Gasteiger charge is 2.28. The van der Waals surface area contributed by atoms with E-state index in [1.165, 1.54) is 0 Å². The van der Waals surface area contributed by atoms with Crippen molar-refractivity contribution in [2.45, 2.75) is 25.3 Å². The number of hydrogen-bond acceptors (Lipinski definition) is 4. The Labute approximate surface area is 116 Å². The quantitative estimate of drug-likeness (QED) is 0.585. The molecule has 1 saturated heterocycles. The molecule has 0 bridgehead atoms. The van der Waals surface area contributed by atoms with Crippen LogP contribution in [0.5, 0.6) is 0 Å². The topological polar surface area (TPSA) is 38.2 Å². The maximum Gasteiger partial charge on any atom is 0.224 e. The fraction of sp³-hybridized carbons (Fsp3) is 0.667. The average Bonchev–Trinajstić information content (AvgIpc) is 2.39. The van der Waals surface area contributed by atoms with Crippen LogP contribution in [-0.4, -0.2) is 47.2 Å². The molecule has 2 heterocycles. The van der Waals surface area contributed by atoms with Crippen molar-refractivity contribution in [2.24, 2.45) is 0 Å². The number of hydrogen-bond donors (Lipinski definition) is 0. The molecule has 1 fully saturated rings. The van der Waals surface area contributed by atoms with Crippen molar-refractivity contribution in [3.63, 3.8) is 0 Å². The van der Waals surface area contributed by atoms with Crippen LogP contribution in [-0.2, 0) is 17.6 Å². The minimum Gasteiger partial charge on any atom is -0.379 e. The third-order valence-corrected chi connectivity index (χ3v) is 4.21. The van der Waals surface area contributed by atoms with Crippen LogP contribution < -0.4 is 0 Å². The van der Waals surface area contributed by atoms with Crippen LogP contribution in [0.3, 0.4) is 0 Å². The zero-order chi connectivity index (χ0) is 12.5. The standard InChI is InChI=1S/C12H15Cl2N3O/c13-11-9-7-8(17-3-5-18-6-4-17)1-2-10(9)15-12(14)16-11/h8H,1-7H2. The minimum atomic E-state index is 0.253. The molecule has 18 heavy (non-hydrogen) atoms. The number of halogens is 2. The van der Waals surface area contributed by atoms with Gasteiger partial charge in [-0.15, -0.1) is 0 Å². The van der Waals surface area contributed by atoms with E-state index in [0.29, 0.717) is 11.2 Å². The van der Waals surface area contributed by atoms with Gasteiger partial charge in [-0.2, -0.15) is 0 Å². The summed E-state index contributed by atoms with van der Waals surface area (Å²) in [5.41, 5.74) is 2.09. The monoisotopic (exact) mass is 287 g/mol. The molecule has 0 radical (unpaired) electrons.